The molecule has 3 nitrogen and oxygen atoms in total. The number of likely N-dealkylation sites (N-methyl/N-ethyl adjacent to an activating group) is 1. The molecule has 0 N–H and O–H groups in total. The maximum absolute atomic E-state index is 4.72. The van der Waals surface area contributed by atoms with E-state index < -0.39 is 0 Å². The highest BCUT2D eigenvalue weighted by Crippen LogP contribution is 2.23. The molecule has 0 saturated carbocycles. The summed E-state index contributed by atoms with van der Waals surface area (Å²) in [5, 5.41) is 0. The van der Waals surface area contributed by atoms with Crippen LogP contribution in [-0.2, 0) is 25.9 Å². The molecule has 1 aromatic heterocycles. The van der Waals surface area contributed by atoms with E-state index in [1.165, 1.54) is 22.6 Å². The van der Waals surface area contributed by atoms with Crippen LogP contribution in [0.4, 0.5) is 0 Å². The zero-order valence-corrected chi connectivity index (χ0v) is 13.7. The van der Waals surface area contributed by atoms with E-state index in [9.17, 15) is 0 Å². The zero-order chi connectivity index (χ0) is 14.1. The van der Waals surface area contributed by atoms with E-state index in [-0.39, 0.29) is 0 Å². The van der Waals surface area contributed by atoms with Crippen molar-refractivity contribution in [2.45, 2.75) is 32.9 Å². The predicted molar refractivity (Wildman–Crippen MR) is 84.8 cm³/mol. The number of benzene rings is 1. The third kappa shape index (κ3) is 2.81. The molecular weight excluding hydrogens is 314 g/mol. The first-order valence-electron chi connectivity index (χ1n) is 7.11. The Morgan fingerprint density at radius 2 is 2.10 bits per heavy atom. The zero-order valence-electron chi connectivity index (χ0n) is 12.1. The molecule has 0 unspecified atom stereocenters. The summed E-state index contributed by atoms with van der Waals surface area (Å²) in [5.74, 6) is 1.21. The highest BCUT2D eigenvalue weighted by molar-refractivity contribution is 9.10. The molecule has 1 aliphatic rings. The molecular formula is C16H20BrN3. The molecule has 106 valence electrons. The normalized spacial score (nSPS) is 15.3. The molecule has 3 rings (SSSR count). The van der Waals surface area contributed by atoms with Crippen LogP contribution in [0.3, 0.4) is 0 Å². The number of aryl methyl sites for hydroxylation is 3. The van der Waals surface area contributed by atoms with Gasteiger partial charge in [0.15, 0.2) is 0 Å². The van der Waals surface area contributed by atoms with E-state index in [0.717, 1.165) is 37.1 Å². The van der Waals surface area contributed by atoms with Gasteiger partial charge in [-0.1, -0.05) is 29.8 Å². The number of hydrogen-bond donors (Lipinski definition) is 0. The smallest absolute Gasteiger partial charge is 0.128 e. The van der Waals surface area contributed by atoms with Crippen LogP contribution in [0, 0.1) is 6.92 Å². The molecule has 0 fully saturated rings. The summed E-state index contributed by atoms with van der Waals surface area (Å²) in [6, 6.07) is 8.75. The van der Waals surface area contributed by atoms with Crippen LogP contribution in [0.2, 0.25) is 0 Å². The van der Waals surface area contributed by atoms with Crippen molar-refractivity contribution in [1.29, 1.82) is 0 Å². The van der Waals surface area contributed by atoms with Gasteiger partial charge < -0.3 is 4.57 Å². The van der Waals surface area contributed by atoms with Gasteiger partial charge in [0.2, 0.25) is 0 Å². The summed E-state index contributed by atoms with van der Waals surface area (Å²) < 4.78 is 3.41. The summed E-state index contributed by atoms with van der Waals surface area (Å²) in [7, 11) is 2.16. The minimum atomic E-state index is 0.984. The Labute approximate surface area is 128 Å². The van der Waals surface area contributed by atoms with Crippen molar-refractivity contribution < 1.29 is 0 Å². The Hall–Kier alpha value is -1.13. The Bertz CT molecular complexity index is 618. The highest BCUT2D eigenvalue weighted by Gasteiger charge is 2.20. The first kappa shape index (κ1) is 13.8. The van der Waals surface area contributed by atoms with Crippen LogP contribution in [-0.4, -0.2) is 28.0 Å². The number of fused-ring (bicyclic) bond motifs is 1. The average molecular weight is 334 g/mol. The van der Waals surface area contributed by atoms with Gasteiger partial charge in [0, 0.05) is 26.1 Å². The second kappa shape index (κ2) is 5.70. The van der Waals surface area contributed by atoms with Crippen LogP contribution in [0.25, 0.3) is 0 Å². The van der Waals surface area contributed by atoms with E-state index in [2.05, 4.69) is 63.6 Å². The van der Waals surface area contributed by atoms with Crippen molar-refractivity contribution >= 4 is 15.9 Å². The molecule has 20 heavy (non-hydrogen) atoms. The molecule has 0 spiro atoms. The second-order valence-electron chi connectivity index (χ2n) is 5.64. The molecule has 0 saturated heterocycles. The lowest BCUT2D eigenvalue weighted by molar-refractivity contribution is 0.266. The molecule has 1 aromatic carbocycles. The second-order valence-corrected chi connectivity index (χ2v) is 6.40. The van der Waals surface area contributed by atoms with Gasteiger partial charge in [0.1, 0.15) is 10.4 Å². The van der Waals surface area contributed by atoms with Crippen LogP contribution in [0.1, 0.15) is 22.6 Å². The molecule has 0 atom stereocenters. The van der Waals surface area contributed by atoms with E-state index >= 15 is 0 Å². The molecule has 0 aliphatic carbocycles. The topological polar surface area (TPSA) is 21.1 Å². The number of hydrogen-bond acceptors (Lipinski definition) is 2. The molecule has 2 aromatic rings. The van der Waals surface area contributed by atoms with Gasteiger partial charge in [0.05, 0.1) is 5.69 Å². The van der Waals surface area contributed by atoms with Gasteiger partial charge in [0.25, 0.3) is 0 Å². The average Bonchev–Trinajstić information content (AvgIpc) is 2.73. The Balaban J connectivity index is 1.77. The van der Waals surface area contributed by atoms with Gasteiger partial charge in [-0.25, -0.2) is 4.98 Å². The van der Waals surface area contributed by atoms with Crippen LogP contribution < -0.4 is 0 Å². The number of aromatic nitrogens is 2. The third-order valence-corrected chi connectivity index (χ3v) is 4.58. The van der Waals surface area contributed by atoms with E-state index in [1.54, 1.807) is 0 Å². The third-order valence-electron chi connectivity index (χ3n) is 3.95. The first-order valence-corrected chi connectivity index (χ1v) is 7.90. The van der Waals surface area contributed by atoms with Gasteiger partial charge in [-0.2, -0.15) is 0 Å². The number of halogens is 1. The van der Waals surface area contributed by atoms with E-state index in [4.69, 9.17) is 4.98 Å². The first-order chi connectivity index (χ1) is 9.63. The fraction of sp³-hybridized carbons (Fsp3) is 0.438. The Morgan fingerprint density at radius 3 is 2.90 bits per heavy atom. The van der Waals surface area contributed by atoms with Crippen molar-refractivity contribution in [2.75, 3.05) is 13.6 Å². The summed E-state index contributed by atoms with van der Waals surface area (Å²) in [5.41, 5.74) is 4.04. The van der Waals surface area contributed by atoms with Gasteiger partial charge in [-0.05, 0) is 41.9 Å². The molecule has 1 aliphatic heterocycles. The van der Waals surface area contributed by atoms with Crippen molar-refractivity contribution in [3.8, 4) is 0 Å². The number of rotatable bonds is 3. The van der Waals surface area contributed by atoms with Gasteiger partial charge >= 0.3 is 0 Å². The fourth-order valence-corrected chi connectivity index (χ4v) is 3.38. The lowest BCUT2D eigenvalue weighted by Gasteiger charge is -2.25. The fourth-order valence-electron chi connectivity index (χ4n) is 2.84. The van der Waals surface area contributed by atoms with Crippen molar-refractivity contribution in [3.05, 3.63) is 51.5 Å². The molecule has 0 amide bonds. The van der Waals surface area contributed by atoms with Gasteiger partial charge in [-0.15, -0.1) is 0 Å². The SMILES string of the molecule is Cc1cccc(CCc2nc(Br)c3n2CCN(C)C3)c1. The maximum Gasteiger partial charge on any atom is 0.128 e. The number of imidazole rings is 1. The largest absolute Gasteiger partial charge is 0.329 e. The van der Waals surface area contributed by atoms with E-state index in [1.807, 2.05) is 0 Å². The van der Waals surface area contributed by atoms with Crippen molar-refractivity contribution in [2.24, 2.45) is 0 Å². The summed E-state index contributed by atoms with van der Waals surface area (Å²) in [6.07, 6.45) is 2.06. The molecule has 0 radical (unpaired) electrons. The lowest BCUT2D eigenvalue weighted by Crippen LogP contribution is -2.31. The summed E-state index contributed by atoms with van der Waals surface area (Å²) in [4.78, 5) is 7.06. The van der Waals surface area contributed by atoms with Crippen LogP contribution >= 0.6 is 15.9 Å². The minimum Gasteiger partial charge on any atom is -0.329 e. The minimum absolute atomic E-state index is 0.984. The Kier molecular flexibility index (Phi) is 3.94. The van der Waals surface area contributed by atoms with Crippen LogP contribution in [0.5, 0.6) is 0 Å². The highest BCUT2D eigenvalue weighted by atomic mass is 79.9. The maximum atomic E-state index is 4.72. The quantitative estimate of drug-likeness (QED) is 0.860. The summed E-state index contributed by atoms with van der Waals surface area (Å²) in [6.45, 7) is 5.28. The lowest BCUT2D eigenvalue weighted by atomic mass is 10.1. The summed E-state index contributed by atoms with van der Waals surface area (Å²) >= 11 is 3.61. The number of nitrogens with zero attached hydrogens (tertiary/aromatic N) is 3. The monoisotopic (exact) mass is 333 g/mol. The Morgan fingerprint density at radius 1 is 1.25 bits per heavy atom. The standard InChI is InChI=1S/C16H20BrN3/c1-12-4-3-5-13(10-12)6-7-15-18-16(17)14-11-19(2)8-9-20(14)15/h3-5,10H,6-9,11H2,1-2H3. The van der Waals surface area contributed by atoms with Crippen molar-refractivity contribution in [1.82, 2.24) is 14.5 Å². The predicted octanol–water partition coefficient (Wildman–Crippen LogP) is 3.18. The molecule has 4 heteroatoms. The molecule has 2 heterocycles. The van der Waals surface area contributed by atoms with Gasteiger partial charge in [-0.3, -0.25) is 4.90 Å². The van der Waals surface area contributed by atoms with Crippen molar-refractivity contribution in [3.63, 3.8) is 0 Å². The molecule has 0 bridgehead atoms. The van der Waals surface area contributed by atoms with E-state index in [0.29, 0.717) is 0 Å². The van der Waals surface area contributed by atoms with Crippen LogP contribution in [0.15, 0.2) is 28.9 Å².